The third-order valence-corrected chi connectivity index (χ3v) is 4.23. The van der Waals surface area contributed by atoms with Crippen LogP contribution in [0.5, 0.6) is 5.75 Å². The van der Waals surface area contributed by atoms with Crippen LogP contribution in [0.1, 0.15) is 45.4 Å². The van der Waals surface area contributed by atoms with Gasteiger partial charge in [-0.15, -0.1) is 11.8 Å². The Labute approximate surface area is 127 Å². The zero-order valence-electron chi connectivity index (χ0n) is 12.4. The van der Waals surface area contributed by atoms with Crippen molar-refractivity contribution in [3.63, 3.8) is 0 Å². The first-order chi connectivity index (χ1) is 9.90. The fourth-order valence-corrected chi connectivity index (χ4v) is 2.96. The lowest BCUT2D eigenvalue weighted by Crippen LogP contribution is -2.10. The summed E-state index contributed by atoms with van der Waals surface area (Å²) in [5.74, 6) is 2.00. The molecule has 1 heterocycles. The summed E-state index contributed by atoms with van der Waals surface area (Å²) in [6.45, 7) is 3.09. The maximum atomic E-state index is 5.79. The molecule has 1 aliphatic heterocycles. The molecule has 3 heteroatoms. The van der Waals surface area contributed by atoms with Gasteiger partial charge in [0.15, 0.2) is 0 Å². The number of ether oxygens (including phenoxy) is 1. The predicted molar refractivity (Wildman–Crippen MR) is 89.4 cm³/mol. The highest BCUT2D eigenvalue weighted by molar-refractivity contribution is 8.02. The van der Waals surface area contributed by atoms with Gasteiger partial charge in [-0.3, -0.25) is 0 Å². The third kappa shape index (κ3) is 5.12. The van der Waals surface area contributed by atoms with Crippen molar-refractivity contribution in [2.45, 2.75) is 45.4 Å². The third-order valence-electron chi connectivity index (χ3n) is 3.49. The summed E-state index contributed by atoms with van der Waals surface area (Å²) in [6, 6.07) is 8.41. The van der Waals surface area contributed by atoms with Crippen molar-refractivity contribution < 1.29 is 4.74 Å². The summed E-state index contributed by atoms with van der Waals surface area (Å²) in [4.78, 5) is 2.24. The van der Waals surface area contributed by atoms with Gasteiger partial charge in [-0.1, -0.05) is 39.0 Å². The van der Waals surface area contributed by atoms with Gasteiger partial charge in [-0.05, 0) is 36.1 Å². The second-order valence-corrected chi connectivity index (χ2v) is 6.02. The summed E-state index contributed by atoms with van der Waals surface area (Å²) < 4.78 is 5.79. The average molecular weight is 291 g/mol. The highest BCUT2D eigenvalue weighted by Gasteiger charge is 2.06. The molecule has 0 unspecified atom stereocenters. The van der Waals surface area contributed by atoms with Crippen LogP contribution in [0.15, 0.2) is 35.9 Å². The summed E-state index contributed by atoms with van der Waals surface area (Å²) in [5, 5.41) is 2.13. The normalized spacial score (nSPS) is 13.9. The molecule has 0 aromatic heterocycles. The molecule has 2 rings (SSSR count). The van der Waals surface area contributed by atoms with Crippen LogP contribution >= 0.6 is 11.8 Å². The van der Waals surface area contributed by atoms with Crippen LogP contribution in [0.3, 0.4) is 0 Å². The van der Waals surface area contributed by atoms with Crippen LogP contribution < -0.4 is 9.64 Å². The monoisotopic (exact) mass is 291 g/mol. The Balaban J connectivity index is 1.62. The molecule has 0 saturated carbocycles. The Morgan fingerprint density at radius 3 is 2.50 bits per heavy atom. The highest BCUT2D eigenvalue weighted by Crippen LogP contribution is 2.25. The number of thioether (sulfide) groups is 1. The molecule has 0 saturated heterocycles. The molecule has 0 radical (unpaired) electrons. The molecule has 0 atom stereocenters. The smallest absolute Gasteiger partial charge is 0.119 e. The standard InChI is InChI=1S/C17H25NOS/c1-2-3-4-5-6-7-13-19-17-10-8-16(9-11-17)18-12-14-20-15-18/h8-12,14H,2-7,13,15H2,1H3. The van der Waals surface area contributed by atoms with Crippen molar-refractivity contribution in [1.82, 2.24) is 0 Å². The molecule has 0 N–H and O–H groups in total. The summed E-state index contributed by atoms with van der Waals surface area (Å²) in [7, 11) is 0. The maximum absolute atomic E-state index is 5.79. The van der Waals surface area contributed by atoms with Crippen molar-refractivity contribution in [3.8, 4) is 5.75 Å². The van der Waals surface area contributed by atoms with Gasteiger partial charge in [0.25, 0.3) is 0 Å². The number of unbranched alkanes of at least 4 members (excludes halogenated alkanes) is 5. The van der Waals surface area contributed by atoms with E-state index in [1.54, 1.807) is 0 Å². The number of rotatable bonds is 9. The van der Waals surface area contributed by atoms with E-state index in [1.165, 1.54) is 37.8 Å². The Morgan fingerprint density at radius 2 is 1.80 bits per heavy atom. The lowest BCUT2D eigenvalue weighted by molar-refractivity contribution is 0.304. The van der Waals surface area contributed by atoms with E-state index < -0.39 is 0 Å². The van der Waals surface area contributed by atoms with Crippen LogP contribution in [0.2, 0.25) is 0 Å². The zero-order chi connectivity index (χ0) is 14.0. The summed E-state index contributed by atoms with van der Waals surface area (Å²) in [5.41, 5.74) is 1.23. The molecular weight excluding hydrogens is 266 g/mol. The summed E-state index contributed by atoms with van der Waals surface area (Å²) in [6.07, 6.45) is 9.96. The van der Waals surface area contributed by atoms with E-state index in [2.05, 4.69) is 47.7 Å². The lowest BCUT2D eigenvalue weighted by Gasteiger charge is -2.15. The maximum Gasteiger partial charge on any atom is 0.119 e. The fourth-order valence-electron chi connectivity index (χ4n) is 2.25. The molecule has 0 bridgehead atoms. The van der Waals surface area contributed by atoms with Crippen LogP contribution in [0.4, 0.5) is 5.69 Å². The van der Waals surface area contributed by atoms with E-state index in [0.717, 1.165) is 24.7 Å². The lowest BCUT2D eigenvalue weighted by atomic mass is 10.1. The van der Waals surface area contributed by atoms with Crippen molar-refractivity contribution >= 4 is 17.4 Å². The van der Waals surface area contributed by atoms with Crippen LogP contribution in [-0.2, 0) is 0 Å². The molecule has 1 aromatic carbocycles. The molecule has 20 heavy (non-hydrogen) atoms. The number of benzene rings is 1. The van der Waals surface area contributed by atoms with Gasteiger partial charge in [-0.2, -0.15) is 0 Å². The van der Waals surface area contributed by atoms with Gasteiger partial charge < -0.3 is 9.64 Å². The molecular formula is C17H25NOS. The number of hydrogen-bond acceptors (Lipinski definition) is 3. The van der Waals surface area contributed by atoms with Gasteiger partial charge in [0.1, 0.15) is 5.75 Å². The quantitative estimate of drug-likeness (QED) is 0.565. The fraction of sp³-hybridized carbons (Fsp3) is 0.529. The SMILES string of the molecule is CCCCCCCCOc1ccc(N2C=CSC2)cc1. The Hall–Kier alpha value is -1.09. The molecule has 1 aliphatic rings. The van der Waals surface area contributed by atoms with Crippen molar-refractivity contribution in [2.75, 3.05) is 17.4 Å². The topological polar surface area (TPSA) is 12.5 Å². The molecule has 0 aliphatic carbocycles. The van der Waals surface area contributed by atoms with Gasteiger partial charge in [0, 0.05) is 11.9 Å². The Morgan fingerprint density at radius 1 is 1.05 bits per heavy atom. The van der Waals surface area contributed by atoms with Crippen molar-refractivity contribution in [3.05, 3.63) is 35.9 Å². The molecule has 0 amide bonds. The van der Waals surface area contributed by atoms with E-state index in [-0.39, 0.29) is 0 Å². The molecule has 0 spiro atoms. The highest BCUT2D eigenvalue weighted by atomic mass is 32.2. The number of hydrogen-bond donors (Lipinski definition) is 0. The minimum atomic E-state index is 0.838. The second-order valence-electron chi connectivity index (χ2n) is 5.16. The molecule has 2 nitrogen and oxygen atoms in total. The molecule has 110 valence electrons. The van der Waals surface area contributed by atoms with E-state index >= 15 is 0 Å². The van der Waals surface area contributed by atoms with Gasteiger partial charge in [0.2, 0.25) is 0 Å². The summed E-state index contributed by atoms with van der Waals surface area (Å²) >= 11 is 1.82. The van der Waals surface area contributed by atoms with Gasteiger partial charge >= 0.3 is 0 Å². The van der Waals surface area contributed by atoms with Crippen molar-refractivity contribution in [1.29, 1.82) is 0 Å². The number of anilines is 1. The predicted octanol–water partition coefficient (Wildman–Crippen LogP) is 5.41. The van der Waals surface area contributed by atoms with E-state index in [0.29, 0.717) is 0 Å². The minimum absolute atomic E-state index is 0.838. The van der Waals surface area contributed by atoms with Crippen LogP contribution in [0, 0.1) is 0 Å². The first-order valence-corrected chi connectivity index (χ1v) is 8.73. The molecule has 0 fully saturated rings. The van der Waals surface area contributed by atoms with E-state index in [9.17, 15) is 0 Å². The second kappa shape index (κ2) is 8.96. The first kappa shape index (κ1) is 15.3. The Bertz CT molecular complexity index is 402. The first-order valence-electron chi connectivity index (χ1n) is 7.68. The number of nitrogens with zero attached hydrogens (tertiary/aromatic N) is 1. The zero-order valence-corrected chi connectivity index (χ0v) is 13.2. The Kier molecular flexibility index (Phi) is 6.85. The van der Waals surface area contributed by atoms with Gasteiger partial charge in [-0.25, -0.2) is 0 Å². The van der Waals surface area contributed by atoms with Crippen molar-refractivity contribution in [2.24, 2.45) is 0 Å². The van der Waals surface area contributed by atoms with Crippen LogP contribution in [0.25, 0.3) is 0 Å². The average Bonchev–Trinajstić information content (AvgIpc) is 3.01. The van der Waals surface area contributed by atoms with E-state index in [1.807, 2.05) is 11.8 Å². The van der Waals surface area contributed by atoms with Crippen LogP contribution in [-0.4, -0.2) is 12.5 Å². The van der Waals surface area contributed by atoms with E-state index in [4.69, 9.17) is 4.74 Å². The minimum Gasteiger partial charge on any atom is -0.494 e. The molecule has 1 aromatic rings. The largest absolute Gasteiger partial charge is 0.494 e. The van der Waals surface area contributed by atoms with Gasteiger partial charge in [0.05, 0.1) is 12.5 Å².